The lowest BCUT2D eigenvalue weighted by Crippen LogP contribution is -2.06. The molecule has 6 heteroatoms. The molecule has 1 aliphatic rings. The fourth-order valence-electron chi connectivity index (χ4n) is 3.06. The van der Waals surface area contributed by atoms with Gasteiger partial charge in [-0.25, -0.2) is 14.6 Å². The van der Waals surface area contributed by atoms with Gasteiger partial charge in [0.2, 0.25) is 0 Å². The summed E-state index contributed by atoms with van der Waals surface area (Å²) in [4.78, 5) is 13.6. The standard InChI is InChI=1S/C19H21N5O/c1-13-4-3-5-15(8-13)11-24-19(17-10-20-14(2)9-21-17)22-18(23-24)16-6-7-25-12-16/h3-5,8-10,16H,6-7,11-12H2,1-2H3. The van der Waals surface area contributed by atoms with E-state index in [1.165, 1.54) is 11.1 Å². The SMILES string of the molecule is Cc1cccc(Cn2nc(C3CCOC3)nc2-c2cnc(C)cn2)c1. The summed E-state index contributed by atoms with van der Waals surface area (Å²) in [5.41, 5.74) is 4.06. The molecular formula is C19H21N5O. The normalized spacial score (nSPS) is 17.1. The van der Waals surface area contributed by atoms with Crippen molar-refractivity contribution in [2.24, 2.45) is 0 Å². The third-order valence-corrected chi connectivity index (χ3v) is 4.41. The van der Waals surface area contributed by atoms with Gasteiger partial charge in [0, 0.05) is 18.7 Å². The topological polar surface area (TPSA) is 65.7 Å². The van der Waals surface area contributed by atoms with Crippen LogP contribution in [-0.2, 0) is 11.3 Å². The highest BCUT2D eigenvalue weighted by molar-refractivity contribution is 5.48. The fraction of sp³-hybridized carbons (Fsp3) is 0.368. The highest BCUT2D eigenvalue weighted by Crippen LogP contribution is 2.25. The summed E-state index contributed by atoms with van der Waals surface area (Å²) >= 11 is 0. The van der Waals surface area contributed by atoms with Gasteiger partial charge in [0.25, 0.3) is 0 Å². The monoisotopic (exact) mass is 335 g/mol. The summed E-state index contributed by atoms with van der Waals surface area (Å²) in [6.07, 6.45) is 4.49. The Kier molecular flexibility index (Phi) is 4.28. The molecule has 0 saturated carbocycles. The van der Waals surface area contributed by atoms with Gasteiger partial charge in [0.15, 0.2) is 11.6 Å². The summed E-state index contributed by atoms with van der Waals surface area (Å²) in [6, 6.07) is 8.44. The highest BCUT2D eigenvalue weighted by Gasteiger charge is 2.24. The lowest BCUT2D eigenvalue weighted by atomic mass is 10.1. The molecule has 1 saturated heterocycles. The van der Waals surface area contributed by atoms with Crippen molar-refractivity contribution in [2.45, 2.75) is 32.7 Å². The Morgan fingerprint density at radius 1 is 1.20 bits per heavy atom. The zero-order valence-electron chi connectivity index (χ0n) is 14.5. The van der Waals surface area contributed by atoms with Gasteiger partial charge in [-0.2, -0.15) is 5.10 Å². The molecule has 3 heterocycles. The van der Waals surface area contributed by atoms with Gasteiger partial charge in [-0.05, 0) is 25.8 Å². The quantitative estimate of drug-likeness (QED) is 0.733. The molecule has 1 atom stereocenters. The summed E-state index contributed by atoms with van der Waals surface area (Å²) in [7, 11) is 0. The van der Waals surface area contributed by atoms with E-state index in [-0.39, 0.29) is 5.92 Å². The van der Waals surface area contributed by atoms with E-state index in [1.54, 1.807) is 12.4 Å². The molecule has 0 N–H and O–H groups in total. The Morgan fingerprint density at radius 3 is 2.84 bits per heavy atom. The second-order valence-electron chi connectivity index (χ2n) is 6.54. The first kappa shape index (κ1) is 15.9. The number of hydrogen-bond acceptors (Lipinski definition) is 5. The smallest absolute Gasteiger partial charge is 0.178 e. The van der Waals surface area contributed by atoms with Crippen molar-refractivity contribution in [3.63, 3.8) is 0 Å². The molecule has 0 aliphatic carbocycles. The largest absolute Gasteiger partial charge is 0.381 e. The average Bonchev–Trinajstić information content (AvgIpc) is 3.25. The van der Waals surface area contributed by atoms with Crippen molar-refractivity contribution in [1.82, 2.24) is 24.7 Å². The van der Waals surface area contributed by atoms with E-state index < -0.39 is 0 Å². The number of rotatable bonds is 4. The minimum Gasteiger partial charge on any atom is -0.381 e. The molecule has 6 nitrogen and oxygen atoms in total. The fourth-order valence-corrected chi connectivity index (χ4v) is 3.06. The van der Waals surface area contributed by atoms with Crippen LogP contribution in [0.2, 0.25) is 0 Å². The molecule has 2 aromatic heterocycles. The molecule has 25 heavy (non-hydrogen) atoms. The second kappa shape index (κ2) is 6.72. The van der Waals surface area contributed by atoms with E-state index in [4.69, 9.17) is 14.8 Å². The predicted octanol–water partition coefficient (Wildman–Crippen LogP) is 2.90. The van der Waals surface area contributed by atoms with Gasteiger partial charge in [0.05, 0.1) is 25.0 Å². The van der Waals surface area contributed by atoms with Crippen LogP contribution in [0, 0.1) is 13.8 Å². The van der Waals surface area contributed by atoms with Gasteiger partial charge < -0.3 is 4.74 Å². The van der Waals surface area contributed by atoms with Crippen molar-refractivity contribution in [1.29, 1.82) is 0 Å². The van der Waals surface area contributed by atoms with Crippen molar-refractivity contribution in [3.05, 3.63) is 59.3 Å². The molecule has 1 aliphatic heterocycles. The van der Waals surface area contributed by atoms with Crippen LogP contribution < -0.4 is 0 Å². The van der Waals surface area contributed by atoms with Crippen LogP contribution in [0.5, 0.6) is 0 Å². The molecule has 4 rings (SSSR count). The lowest BCUT2D eigenvalue weighted by molar-refractivity contribution is 0.193. The van der Waals surface area contributed by atoms with Crippen molar-refractivity contribution < 1.29 is 4.74 Å². The van der Waals surface area contributed by atoms with E-state index in [1.807, 2.05) is 11.6 Å². The third-order valence-electron chi connectivity index (χ3n) is 4.41. The third kappa shape index (κ3) is 3.44. The first-order valence-electron chi connectivity index (χ1n) is 8.56. The highest BCUT2D eigenvalue weighted by atomic mass is 16.5. The summed E-state index contributed by atoms with van der Waals surface area (Å²) in [5, 5.41) is 4.77. The van der Waals surface area contributed by atoms with E-state index >= 15 is 0 Å². The Morgan fingerprint density at radius 2 is 2.12 bits per heavy atom. The van der Waals surface area contributed by atoms with Gasteiger partial charge in [0.1, 0.15) is 5.69 Å². The maximum Gasteiger partial charge on any atom is 0.178 e. The number of aromatic nitrogens is 5. The molecule has 128 valence electrons. The van der Waals surface area contributed by atoms with Crippen LogP contribution in [0.15, 0.2) is 36.7 Å². The summed E-state index contributed by atoms with van der Waals surface area (Å²) in [6.45, 7) is 6.14. The zero-order chi connectivity index (χ0) is 17.2. The molecule has 0 amide bonds. The number of nitrogens with zero attached hydrogens (tertiary/aromatic N) is 5. The average molecular weight is 335 g/mol. The Hall–Kier alpha value is -2.60. The number of benzene rings is 1. The Balaban J connectivity index is 1.73. The molecule has 0 radical (unpaired) electrons. The van der Waals surface area contributed by atoms with E-state index in [9.17, 15) is 0 Å². The first-order chi connectivity index (χ1) is 12.2. The van der Waals surface area contributed by atoms with Crippen LogP contribution in [0.1, 0.15) is 35.0 Å². The first-order valence-corrected chi connectivity index (χ1v) is 8.56. The number of ether oxygens (including phenoxy) is 1. The molecule has 0 bridgehead atoms. The van der Waals surface area contributed by atoms with Gasteiger partial charge >= 0.3 is 0 Å². The summed E-state index contributed by atoms with van der Waals surface area (Å²) < 4.78 is 7.43. The van der Waals surface area contributed by atoms with Crippen LogP contribution in [0.4, 0.5) is 0 Å². The van der Waals surface area contributed by atoms with Gasteiger partial charge in [-0.1, -0.05) is 29.8 Å². The van der Waals surface area contributed by atoms with Crippen LogP contribution in [0.25, 0.3) is 11.5 Å². The Bertz CT molecular complexity index is 866. The van der Waals surface area contributed by atoms with E-state index in [0.717, 1.165) is 36.1 Å². The number of hydrogen-bond donors (Lipinski definition) is 0. The van der Waals surface area contributed by atoms with Crippen molar-refractivity contribution >= 4 is 0 Å². The molecular weight excluding hydrogens is 314 g/mol. The molecule has 1 fully saturated rings. The maximum atomic E-state index is 5.50. The molecule has 0 spiro atoms. The minimum atomic E-state index is 0.260. The predicted molar refractivity (Wildman–Crippen MR) is 94.2 cm³/mol. The van der Waals surface area contributed by atoms with Gasteiger partial charge in [-0.15, -0.1) is 0 Å². The van der Waals surface area contributed by atoms with Crippen molar-refractivity contribution in [3.8, 4) is 11.5 Å². The molecule has 1 unspecified atom stereocenters. The van der Waals surface area contributed by atoms with Gasteiger partial charge in [-0.3, -0.25) is 4.98 Å². The maximum absolute atomic E-state index is 5.50. The zero-order valence-corrected chi connectivity index (χ0v) is 14.5. The summed E-state index contributed by atoms with van der Waals surface area (Å²) in [5.74, 6) is 1.86. The van der Waals surface area contributed by atoms with Crippen LogP contribution >= 0.6 is 0 Å². The molecule has 1 aromatic carbocycles. The van der Waals surface area contributed by atoms with E-state index in [0.29, 0.717) is 13.2 Å². The lowest BCUT2D eigenvalue weighted by Gasteiger charge is -2.06. The van der Waals surface area contributed by atoms with Crippen molar-refractivity contribution in [2.75, 3.05) is 13.2 Å². The molecule has 3 aromatic rings. The van der Waals surface area contributed by atoms with Crippen LogP contribution in [-0.4, -0.2) is 37.9 Å². The Labute approximate surface area is 146 Å². The van der Waals surface area contributed by atoms with Crippen LogP contribution in [0.3, 0.4) is 0 Å². The van der Waals surface area contributed by atoms with E-state index in [2.05, 4.69) is 41.2 Å². The minimum absolute atomic E-state index is 0.260. The second-order valence-corrected chi connectivity index (χ2v) is 6.54. The number of aryl methyl sites for hydroxylation is 2.